The molecule has 1 fully saturated rings. The predicted molar refractivity (Wildman–Crippen MR) is 90.4 cm³/mol. The molecule has 2 heteroatoms. The summed E-state index contributed by atoms with van der Waals surface area (Å²) in [7, 11) is 0. The van der Waals surface area contributed by atoms with E-state index in [0.717, 1.165) is 12.5 Å². The lowest BCUT2D eigenvalue weighted by atomic mass is 9.80. The van der Waals surface area contributed by atoms with Crippen molar-refractivity contribution in [3.8, 4) is 0 Å². The Hall–Kier alpha value is -0.470. The second kappa shape index (κ2) is 7.51. The fourth-order valence-corrected chi connectivity index (χ4v) is 4.87. The van der Waals surface area contributed by atoms with Gasteiger partial charge in [-0.1, -0.05) is 32.3 Å². The maximum absolute atomic E-state index is 6.01. The first-order chi connectivity index (χ1) is 9.63. The topological polar surface area (TPSA) is 26.0 Å². The zero-order chi connectivity index (χ0) is 14.5. The Bertz CT molecular complexity index is 429. The molecule has 1 aliphatic rings. The monoisotopic (exact) mass is 291 g/mol. The van der Waals surface area contributed by atoms with Gasteiger partial charge in [-0.15, -0.1) is 11.8 Å². The molecule has 1 aromatic carbocycles. The van der Waals surface area contributed by atoms with Crippen molar-refractivity contribution < 1.29 is 0 Å². The van der Waals surface area contributed by atoms with E-state index in [-0.39, 0.29) is 0 Å². The van der Waals surface area contributed by atoms with Gasteiger partial charge in [0.05, 0.1) is 0 Å². The molecule has 20 heavy (non-hydrogen) atoms. The van der Waals surface area contributed by atoms with Crippen molar-refractivity contribution in [2.75, 3.05) is 6.54 Å². The van der Waals surface area contributed by atoms with E-state index in [1.54, 1.807) is 0 Å². The number of hydrogen-bond donors (Lipinski definition) is 1. The van der Waals surface area contributed by atoms with Crippen LogP contribution in [0.15, 0.2) is 23.1 Å². The number of rotatable bonds is 5. The summed E-state index contributed by atoms with van der Waals surface area (Å²) in [5.74, 6) is 1.63. The quantitative estimate of drug-likeness (QED) is 0.831. The zero-order valence-corrected chi connectivity index (χ0v) is 14.0. The van der Waals surface area contributed by atoms with E-state index >= 15 is 0 Å². The van der Waals surface area contributed by atoms with Gasteiger partial charge < -0.3 is 5.73 Å². The minimum absolute atomic E-state index is 0.703. The molecule has 0 aliphatic heterocycles. The number of hydrogen-bond acceptors (Lipinski definition) is 2. The maximum atomic E-state index is 6.01. The fraction of sp³-hybridized carbons (Fsp3) is 0.667. The molecule has 0 amide bonds. The van der Waals surface area contributed by atoms with Gasteiger partial charge in [-0.2, -0.15) is 0 Å². The fourth-order valence-electron chi connectivity index (χ4n) is 3.32. The number of thioether (sulfide) groups is 1. The zero-order valence-electron chi connectivity index (χ0n) is 13.2. The van der Waals surface area contributed by atoms with E-state index in [9.17, 15) is 0 Å². The predicted octanol–water partition coefficient (Wildman–Crippen LogP) is 4.94. The summed E-state index contributed by atoms with van der Waals surface area (Å²) in [4.78, 5) is 1.42. The SMILES string of the molecule is CCCC1CCC(CN)C(Sc2ccc(C)c(C)c2)C1. The van der Waals surface area contributed by atoms with Gasteiger partial charge in [-0.25, -0.2) is 0 Å². The van der Waals surface area contributed by atoms with Gasteiger partial charge in [-0.05, 0) is 68.3 Å². The molecule has 0 heterocycles. The molecule has 1 nitrogen and oxygen atoms in total. The summed E-state index contributed by atoms with van der Waals surface area (Å²) < 4.78 is 0. The van der Waals surface area contributed by atoms with Crippen LogP contribution in [0.5, 0.6) is 0 Å². The van der Waals surface area contributed by atoms with Gasteiger partial charge >= 0.3 is 0 Å². The minimum atomic E-state index is 0.703. The maximum Gasteiger partial charge on any atom is 0.0137 e. The lowest BCUT2D eigenvalue weighted by molar-refractivity contribution is 0.276. The molecule has 3 atom stereocenters. The Balaban J connectivity index is 2.04. The highest BCUT2D eigenvalue weighted by atomic mass is 32.2. The number of nitrogens with two attached hydrogens (primary N) is 1. The van der Waals surface area contributed by atoms with E-state index < -0.39 is 0 Å². The molecule has 3 unspecified atom stereocenters. The number of benzene rings is 1. The van der Waals surface area contributed by atoms with Crippen LogP contribution in [-0.4, -0.2) is 11.8 Å². The third-order valence-electron chi connectivity index (χ3n) is 4.80. The van der Waals surface area contributed by atoms with E-state index in [0.29, 0.717) is 11.2 Å². The van der Waals surface area contributed by atoms with Crippen LogP contribution in [0.1, 0.15) is 50.2 Å². The number of aryl methyl sites for hydroxylation is 2. The third kappa shape index (κ3) is 4.02. The van der Waals surface area contributed by atoms with Crippen LogP contribution in [0.2, 0.25) is 0 Å². The van der Waals surface area contributed by atoms with Crippen molar-refractivity contribution in [2.45, 2.75) is 63.0 Å². The Morgan fingerprint density at radius 3 is 2.65 bits per heavy atom. The first kappa shape index (κ1) is 15.9. The van der Waals surface area contributed by atoms with Gasteiger partial charge in [0.15, 0.2) is 0 Å². The van der Waals surface area contributed by atoms with E-state index in [2.05, 4.69) is 50.7 Å². The molecule has 2 rings (SSSR count). The molecule has 0 saturated heterocycles. The third-order valence-corrected chi connectivity index (χ3v) is 6.21. The second-order valence-electron chi connectivity index (χ2n) is 6.37. The Morgan fingerprint density at radius 1 is 1.20 bits per heavy atom. The van der Waals surface area contributed by atoms with Crippen LogP contribution in [0.4, 0.5) is 0 Å². The van der Waals surface area contributed by atoms with Crippen molar-refractivity contribution >= 4 is 11.8 Å². The molecule has 112 valence electrons. The summed E-state index contributed by atoms with van der Waals surface area (Å²) in [6, 6.07) is 6.88. The smallest absolute Gasteiger partial charge is 0.0137 e. The Morgan fingerprint density at radius 2 is 2.00 bits per heavy atom. The molecule has 1 aliphatic carbocycles. The lowest BCUT2D eigenvalue weighted by Gasteiger charge is -2.35. The van der Waals surface area contributed by atoms with Crippen LogP contribution in [0, 0.1) is 25.7 Å². The first-order valence-corrected chi connectivity index (χ1v) is 8.96. The second-order valence-corrected chi connectivity index (χ2v) is 7.68. The molecule has 2 N–H and O–H groups in total. The van der Waals surface area contributed by atoms with Crippen LogP contribution in [-0.2, 0) is 0 Å². The molecular weight excluding hydrogens is 262 g/mol. The summed E-state index contributed by atoms with van der Waals surface area (Å²) in [6.45, 7) is 7.55. The summed E-state index contributed by atoms with van der Waals surface area (Å²) >= 11 is 2.07. The molecule has 0 aromatic heterocycles. The van der Waals surface area contributed by atoms with Gasteiger partial charge in [0.1, 0.15) is 0 Å². The standard InChI is InChI=1S/C18H29NS/c1-4-5-15-7-8-16(12-19)18(11-15)20-17-9-6-13(2)14(3)10-17/h6,9-10,15-16,18H,4-5,7-8,11-12,19H2,1-3H3. The summed E-state index contributed by atoms with van der Waals surface area (Å²) in [6.07, 6.45) is 6.77. The van der Waals surface area contributed by atoms with Crippen molar-refractivity contribution in [3.63, 3.8) is 0 Å². The van der Waals surface area contributed by atoms with E-state index in [4.69, 9.17) is 5.73 Å². The lowest BCUT2D eigenvalue weighted by Crippen LogP contribution is -2.32. The van der Waals surface area contributed by atoms with Crippen LogP contribution >= 0.6 is 11.8 Å². The Kier molecular flexibility index (Phi) is 5.98. The average molecular weight is 292 g/mol. The van der Waals surface area contributed by atoms with E-state index in [1.165, 1.54) is 48.1 Å². The molecule has 0 spiro atoms. The van der Waals surface area contributed by atoms with Crippen molar-refractivity contribution in [1.29, 1.82) is 0 Å². The van der Waals surface area contributed by atoms with Crippen LogP contribution < -0.4 is 5.73 Å². The van der Waals surface area contributed by atoms with Gasteiger partial charge in [0.25, 0.3) is 0 Å². The highest BCUT2D eigenvalue weighted by molar-refractivity contribution is 8.00. The summed E-state index contributed by atoms with van der Waals surface area (Å²) in [5.41, 5.74) is 8.80. The van der Waals surface area contributed by atoms with Gasteiger partial charge in [0, 0.05) is 10.1 Å². The minimum Gasteiger partial charge on any atom is -0.330 e. The summed E-state index contributed by atoms with van der Waals surface area (Å²) in [5, 5.41) is 0.715. The highest BCUT2D eigenvalue weighted by Gasteiger charge is 2.29. The van der Waals surface area contributed by atoms with Crippen molar-refractivity contribution in [2.24, 2.45) is 17.6 Å². The Labute approximate surface area is 128 Å². The molecular formula is C18H29NS. The van der Waals surface area contributed by atoms with Crippen LogP contribution in [0.25, 0.3) is 0 Å². The highest BCUT2D eigenvalue weighted by Crippen LogP contribution is 2.41. The normalized spacial score (nSPS) is 26.7. The largest absolute Gasteiger partial charge is 0.330 e. The average Bonchev–Trinajstić information content (AvgIpc) is 2.44. The van der Waals surface area contributed by atoms with Gasteiger partial charge in [0.2, 0.25) is 0 Å². The van der Waals surface area contributed by atoms with Crippen molar-refractivity contribution in [1.82, 2.24) is 0 Å². The molecule has 1 saturated carbocycles. The first-order valence-electron chi connectivity index (χ1n) is 8.08. The van der Waals surface area contributed by atoms with E-state index in [1.807, 2.05) is 0 Å². The molecule has 1 aromatic rings. The van der Waals surface area contributed by atoms with Gasteiger partial charge in [-0.3, -0.25) is 0 Å². The van der Waals surface area contributed by atoms with Crippen LogP contribution in [0.3, 0.4) is 0 Å². The van der Waals surface area contributed by atoms with Crippen molar-refractivity contribution in [3.05, 3.63) is 29.3 Å². The molecule has 0 radical (unpaired) electrons. The molecule has 0 bridgehead atoms.